The lowest BCUT2D eigenvalue weighted by atomic mass is 9.71. The maximum atomic E-state index is 13.1. The molecule has 0 bridgehead atoms. The Morgan fingerprint density at radius 1 is 1.26 bits per heavy atom. The van der Waals surface area contributed by atoms with E-state index < -0.39 is 0 Å². The molecule has 2 aromatic rings. The molecule has 1 amide bonds. The molecule has 0 saturated carbocycles. The van der Waals surface area contributed by atoms with E-state index in [4.69, 9.17) is 8.94 Å². The highest BCUT2D eigenvalue weighted by atomic mass is 16.5. The maximum absolute atomic E-state index is 13.1. The van der Waals surface area contributed by atoms with Gasteiger partial charge in [0.25, 0.3) is 5.91 Å². The molecule has 0 spiro atoms. The van der Waals surface area contributed by atoms with Crippen molar-refractivity contribution in [2.24, 2.45) is 11.3 Å². The average molecular weight is 371 g/mol. The summed E-state index contributed by atoms with van der Waals surface area (Å²) in [6.07, 6.45) is 4.58. The summed E-state index contributed by atoms with van der Waals surface area (Å²) in [6.45, 7) is 10.7. The SMILES string of the molecule is CC(C)(C)[C@H]1CCc2onc(C(=O)N3CCN(Cc4ccco4)CC3)c2C1. The molecular weight excluding hydrogens is 342 g/mol. The zero-order chi connectivity index (χ0) is 19.0. The highest BCUT2D eigenvalue weighted by molar-refractivity contribution is 5.94. The van der Waals surface area contributed by atoms with E-state index in [9.17, 15) is 4.79 Å². The molecule has 4 rings (SSSR count). The summed E-state index contributed by atoms with van der Waals surface area (Å²) in [5, 5.41) is 4.17. The van der Waals surface area contributed by atoms with Crippen molar-refractivity contribution >= 4 is 5.91 Å². The summed E-state index contributed by atoms with van der Waals surface area (Å²) in [7, 11) is 0. The fourth-order valence-corrected chi connectivity index (χ4v) is 4.19. The molecule has 0 aromatic carbocycles. The van der Waals surface area contributed by atoms with Gasteiger partial charge in [-0.05, 0) is 36.3 Å². The molecule has 1 saturated heterocycles. The number of fused-ring (bicyclic) bond motifs is 1. The molecule has 1 atom stereocenters. The Kier molecular flexibility index (Phi) is 4.84. The van der Waals surface area contributed by atoms with E-state index >= 15 is 0 Å². The predicted octanol–water partition coefficient (Wildman–Crippen LogP) is 3.38. The number of aromatic nitrogens is 1. The minimum Gasteiger partial charge on any atom is -0.468 e. The predicted molar refractivity (Wildman–Crippen MR) is 101 cm³/mol. The first-order valence-corrected chi connectivity index (χ1v) is 9.93. The zero-order valence-electron chi connectivity index (χ0n) is 16.5. The third-order valence-electron chi connectivity index (χ3n) is 6.09. The van der Waals surface area contributed by atoms with Crippen LogP contribution in [0.15, 0.2) is 27.3 Å². The topological polar surface area (TPSA) is 62.7 Å². The van der Waals surface area contributed by atoms with Gasteiger partial charge in [0.2, 0.25) is 0 Å². The lowest BCUT2D eigenvalue weighted by molar-refractivity contribution is 0.0609. The summed E-state index contributed by atoms with van der Waals surface area (Å²) in [6, 6.07) is 3.90. The van der Waals surface area contributed by atoms with Gasteiger partial charge in [-0.15, -0.1) is 0 Å². The normalized spacial score (nSPS) is 21.3. The first-order valence-electron chi connectivity index (χ1n) is 9.93. The standard InChI is InChI=1S/C21H29N3O3/c1-21(2,3)15-6-7-18-17(13-15)19(22-27-18)20(25)24-10-8-23(9-11-24)14-16-5-4-12-26-16/h4-5,12,15H,6-11,13-14H2,1-3H3/t15-/m0/s1. The van der Waals surface area contributed by atoms with Crippen LogP contribution >= 0.6 is 0 Å². The second-order valence-electron chi connectivity index (χ2n) is 8.89. The van der Waals surface area contributed by atoms with Crippen molar-refractivity contribution in [3.05, 3.63) is 41.2 Å². The van der Waals surface area contributed by atoms with Crippen molar-refractivity contribution in [1.82, 2.24) is 15.0 Å². The Morgan fingerprint density at radius 3 is 2.70 bits per heavy atom. The van der Waals surface area contributed by atoms with Gasteiger partial charge in [0, 0.05) is 38.2 Å². The van der Waals surface area contributed by atoms with E-state index in [1.165, 1.54) is 0 Å². The van der Waals surface area contributed by atoms with E-state index in [1.54, 1.807) is 6.26 Å². The highest BCUT2D eigenvalue weighted by Crippen LogP contribution is 2.38. The minimum atomic E-state index is 0.0206. The summed E-state index contributed by atoms with van der Waals surface area (Å²) < 4.78 is 11.0. The Bertz CT molecular complexity index is 780. The number of furan rings is 1. The lowest BCUT2D eigenvalue weighted by Crippen LogP contribution is -2.48. The molecule has 6 nitrogen and oxygen atoms in total. The number of rotatable bonds is 3. The number of nitrogens with zero attached hydrogens (tertiary/aromatic N) is 3. The third kappa shape index (κ3) is 3.81. The summed E-state index contributed by atoms with van der Waals surface area (Å²) in [5.41, 5.74) is 1.81. The summed E-state index contributed by atoms with van der Waals surface area (Å²) in [5.74, 6) is 2.46. The van der Waals surface area contributed by atoms with E-state index in [2.05, 4.69) is 30.8 Å². The number of carbonyl (C=O) groups is 1. The number of hydrogen-bond donors (Lipinski definition) is 0. The molecule has 0 radical (unpaired) electrons. The molecule has 27 heavy (non-hydrogen) atoms. The Morgan fingerprint density at radius 2 is 2.04 bits per heavy atom. The second-order valence-corrected chi connectivity index (χ2v) is 8.89. The summed E-state index contributed by atoms with van der Waals surface area (Å²) >= 11 is 0. The quantitative estimate of drug-likeness (QED) is 0.828. The van der Waals surface area contributed by atoms with Crippen LogP contribution < -0.4 is 0 Å². The zero-order valence-corrected chi connectivity index (χ0v) is 16.5. The van der Waals surface area contributed by atoms with Crippen molar-refractivity contribution in [2.45, 2.75) is 46.6 Å². The van der Waals surface area contributed by atoms with Gasteiger partial charge < -0.3 is 13.8 Å². The van der Waals surface area contributed by atoms with Crippen molar-refractivity contribution in [3.63, 3.8) is 0 Å². The lowest BCUT2D eigenvalue weighted by Gasteiger charge is -2.35. The highest BCUT2D eigenvalue weighted by Gasteiger charge is 2.35. The van der Waals surface area contributed by atoms with Gasteiger partial charge in [0.1, 0.15) is 11.5 Å². The van der Waals surface area contributed by atoms with Gasteiger partial charge in [0.15, 0.2) is 5.69 Å². The molecule has 6 heteroatoms. The Labute approximate surface area is 160 Å². The van der Waals surface area contributed by atoms with Crippen molar-refractivity contribution < 1.29 is 13.7 Å². The second kappa shape index (κ2) is 7.15. The number of carbonyl (C=O) groups excluding carboxylic acids is 1. The molecule has 146 valence electrons. The van der Waals surface area contributed by atoms with Crippen LogP contribution in [0.1, 0.15) is 54.8 Å². The van der Waals surface area contributed by atoms with E-state index in [-0.39, 0.29) is 11.3 Å². The van der Waals surface area contributed by atoms with Gasteiger partial charge in [-0.1, -0.05) is 25.9 Å². The molecule has 1 aliphatic carbocycles. The Balaban J connectivity index is 1.41. The van der Waals surface area contributed by atoms with Crippen LogP contribution in [0.4, 0.5) is 0 Å². The van der Waals surface area contributed by atoms with Crippen LogP contribution in [-0.4, -0.2) is 47.0 Å². The van der Waals surface area contributed by atoms with Crippen molar-refractivity contribution in [1.29, 1.82) is 0 Å². The van der Waals surface area contributed by atoms with Gasteiger partial charge in [-0.3, -0.25) is 9.69 Å². The van der Waals surface area contributed by atoms with Crippen molar-refractivity contribution in [3.8, 4) is 0 Å². The largest absolute Gasteiger partial charge is 0.468 e. The molecule has 2 aliphatic rings. The van der Waals surface area contributed by atoms with Gasteiger partial charge in [-0.2, -0.15) is 0 Å². The van der Waals surface area contributed by atoms with Crippen LogP contribution in [-0.2, 0) is 19.4 Å². The molecular formula is C21H29N3O3. The van der Waals surface area contributed by atoms with Crippen LogP contribution in [0.25, 0.3) is 0 Å². The number of hydrogen-bond acceptors (Lipinski definition) is 5. The first kappa shape index (κ1) is 18.3. The van der Waals surface area contributed by atoms with Gasteiger partial charge in [0.05, 0.1) is 12.8 Å². The first-order chi connectivity index (χ1) is 12.9. The number of amides is 1. The van der Waals surface area contributed by atoms with E-state index in [1.807, 2.05) is 17.0 Å². The molecule has 0 unspecified atom stereocenters. The molecule has 1 aliphatic heterocycles. The average Bonchev–Trinajstić information content (AvgIpc) is 3.30. The molecule has 3 heterocycles. The van der Waals surface area contributed by atoms with Crippen LogP contribution in [0.5, 0.6) is 0 Å². The number of piperazine rings is 1. The third-order valence-corrected chi connectivity index (χ3v) is 6.09. The van der Waals surface area contributed by atoms with Crippen molar-refractivity contribution in [2.75, 3.05) is 26.2 Å². The minimum absolute atomic E-state index is 0.0206. The molecule has 0 N–H and O–H groups in total. The monoisotopic (exact) mass is 371 g/mol. The van der Waals surface area contributed by atoms with Gasteiger partial charge in [-0.25, -0.2) is 0 Å². The fraction of sp³-hybridized carbons (Fsp3) is 0.619. The molecule has 2 aromatic heterocycles. The summed E-state index contributed by atoms with van der Waals surface area (Å²) in [4.78, 5) is 17.3. The van der Waals surface area contributed by atoms with Gasteiger partial charge >= 0.3 is 0 Å². The van der Waals surface area contributed by atoms with E-state index in [0.717, 1.165) is 56.0 Å². The van der Waals surface area contributed by atoms with Crippen LogP contribution in [0, 0.1) is 11.3 Å². The smallest absolute Gasteiger partial charge is 0.276 e. The maximum Gasteiger partial charge on any atom is 0.276 e. The molecule has 1 fully saturated rings. The van der Waals surface area contributed by atoms with Crippen LogP contribution in [0.2, 0.25) is 0 Å². The fourth-order valence-electron chi connectivity index (χ4n) is 4.19. The number of aryl methyl sites for hydroxylation is 1. The van der Waals surface area contributed by atoms with Crippen LogP contribution in [0.3, 0.4) is 0 Å². The van der Waals surface area contributed by atoms with E-state index in [0.29, 0.717) is 24.7 Å². The Hall–Kier alpha value is -2.08.